The Bertz CT molecular complexity index is 3420. The first-order valence-electron chi connectivity index (χ1n) is 18.8. The van der Waals surface area contributed by atoms with Crippen molar-refractivity contribution in [2.24, 2.45) is 0 Å². The quantitative estimate of drug-likeness (QED) is 0.135. The van der Waals surface area contributed by atoms with Crippen molar-refractivity contribution in [1.29, 1.82) is 0 Å². The maximum absolute atomic E-state index is 4.84. The summed E-state index contributed by atoms with van der Waals surface area (Å²) in [5, 5.41) is 15.0. The molecule has 55 heavy (non-hydrogen) atoms. The Morgan fingerprint density at radius 2 is 0.927 bits per heavy atom. The predicted molar refractivity (Wildman–Crippen MR) is 231 cm³/mol. The second-order valence-corrected chi connectivity index (χ2v) is 14.5. The molecule has 0 aliphatic carbocycles. The van der Waals surface area contributed by atoms with Crippen LogP contribution in [0.2, 0.25) is 0 Å². The van der Waals surface area contributed by atoms with Crippen LogP contribution in [0.4, 0.5) is 0 Å². The molecule has 0 saturated heterocycles. The van der Waals surface area contributed by atoms with E-state index in [-0.39, 0.29) is 0 Å². The largest absolute Gasteiger partial charge is 0.278 e. The third-order valence-electron chi connectivity index (χ3n) is 11.6. The number of rotatable bonds is 4. The fourth-order valence-electron chi connectivity index (χ4n) is 9.34. The van der Waals surface area contributed by atoms with Gasteiger partial charge in [0.15, 0.2) is 0 Å². The van der Waals surface area contributed by atoms with Gasteiger partial charge in [-0.1, -0.05) is 140 Å². The number of nitrogens with zero attached hydrogens (tertiary/aromatic N) is 3. The lowest BCUT2D eigenvalue weighted by molar-refractivity contribution is 1.06. The highest BCUT2D eigenvalue weighted by atomic mass is 15.1. The minimum atomic E-state index is 0.860. The number of aromatic nitrogens is 3. The van der Waals surface area contributed by atoms with Crippen molar-refractivity contribution in [1.82, 2.24) is 14.5 Å². The molecule has 0 spiro atoms. The van der Waals surface area contributed by atoms with Crippen LogP contribution >= 0.6 is 0 Å². The van der Waals surface area contributed by atoms with Gasteiger partial charge in [-0.2, -0.15) is 0 Å². The van der Waals surface area contributed by atoms with Crippen LogP contribution in [0, 0.1) is 0 Å². The van der Waals surface area contributed by atoms with Crippen LogP contribution < -0.4 is 0 Å². The molecule has 3 aromatic heterocycles. The third-order valence-corrected chi connectivity index (χ3v) is 11.6. The molecule has 3 heteroatoms. The average Bonchev–Trinajstić information content (AvgIpc) is 3.59. The highest BCUT2D eigenvalue weighted by molar-refractivity contribution is 6.30. The predicted octanol–water partition coefficient (Wildman–Crippen LogP) is 13.8. The summed E-state index contributed by atoms with van der Waals surface area (Å²) < 4.78 is 2.17. The molecule has 3 nitrogen and oxygen atoms in total. The van der Waals surface area contributed by atoms with Gasteiger partial charge in [0.05, 0.1) is 5.52 Å². The molecule has 0 fully saturated rings. The van der Waals surface area contributed by atoms with E-state index in [1.807, 2.05) is 36.7 Å². The Labute approximate surface area is 316 Å². The molecule has 12 aromatic rings. The summed E-state index contributed by atoms with van der Waals surface area (Å²) in [5.41, 5.74) is 9.45. The van der Waals surface area contributed by atoms with Gasteiger partial charge in [0.25, 0.3) is 0 Å². The van der Waals surface area contributed by atoms with Crippen LogP contribution in [-0.2, 0) is 0 Å². The van der Waals surface area contributed by atoms with E-state index in [4.69, 9.17) is 9.97 Å². The van der Waals surface area contributed by atoms with Gasteiger partial charge in [0.1, 0.15) is 11.5 Å². The van der Waals surface area contributed by atoms with Gasteiger partial charge in [0, 0.05) is 23.2 Å². The van der Waals surface area contributed by atoms with Crippen molar-refractivity contribution in [2.45, 2.75) is 0 Å². The molecule has 12 rings (SSSR count). The summed E-state index contributed by atoms with van der Waals surface area (Å²) in [6.07, 6.45) is 3.70. The van der Waals surface area contributed by atoms with Crippen LogP contribution in [0.3, 0.4) is 0 Å². The Balaban J connectivity index is 1.14. The molecule has 254 valence electrons. The van der Waals surface area contributed by atoms with Gasteiger partial charge in [-0.25, -0.2) is 9.97 Å². The second-order valence-electron chi connectivity index (χ2n) is 14.5. The summed E-state index contributed by atoms with van der Waals surface area (Å²) in [7, 11) is 0. The Morgan fingerprint density at radius 1 is 0.345 bits per heavy atom. The van der Waals surface area contributed by atoms with Crippen LogP contribution in [0.1, 0.15) is 0 Å². The number of pyridine rings is 2. The van der Waals surface area contributed by atoms with Crippen LogP contribution in [-0.4, -0.2) is 14.5 Å². The van der Waals surface area contributed by atoms with E-state index >= 15 is 0 Å². The first-order valence-corrected chi connectivity index (χ1v) is 18.8. The molecule has 0 atom stereocenters. The van der Waals surface area contributed by atoms with Gasteiger partial charge in [-0.3, -0.25) is 4.57 Å². The molecule has 0 aliphatic heterocycles. The third kappa shape index (κ3) is 4.32. The minimum absolute atomic E-state index is 0.860. The Kier molecular flexibility index (Phi) is 6.34. The zero-order valence-electron chi connectivity index (χ0n) is 29.7. The summed E-state index contributed by atoms with van der Waals surface area (Å²) >= 11 is 0. The molecule has 0 radical (unpaired) electrons. The molecule has 0 amide bonds. The van der Waals surface area contributed by atoms with Gasteiger partial charge in [-0.05, 0) is 124 Å². The Hall–Kier alpha value is -7.36. The van der Waals surface area contributed by atoms with Crippen molar-refractivity contribution in [3.05, 3.63) is 188 Å². The van der Waals surface area contributed by atoms with Crippen molar-refractivity contribution < 1.29 is 0 Å². The Morgan fingerprint density at radius 3 is 1.62 bits per heavy atom. The van der Waals surface area contributed by atoms with E-state index in [2.05, 4.69) is 156 Å². The van der Waals surface area contributed by atoms with Crippen molar-refractivity contribution >= 4 is 75.8 Å². The lowest BCUT2D eigenvalue weighted by atomic mass is 9.82. The van der Waals surface area contributed by atoms with E-state index in [1.54, 1.807) is 0 Å². The molecule has 0 bridgehead atoms. The first-order chi connectivity index (χ1) is 27.3. The first kappa shape index (κ1) is 30.1. The van der Waals surface area contributed by atoms with E-state index in [0.29, 0.717) is 0 Å². The number of hydrogen-bond acceptors (Lipinski definition) is 2. The molecule has 0 saturated carbocycles. The molecule has 0 unspecified atom stereocenters. The maximum Gasteiger partial charge on any atom is 0.146 e. The van der Waals surface area contributed by atoms with Gasteiger partial charge in [-0.15, -0.1) is 0 Å². The smallest absolute Gasteiger partial charge is 0.146 e. The van der Waals surface area contributed by atoms with Crippen molar-refractivity contribution in [2.75, 3.05) is 0 Å². The van der Waals surface area contributed by atoms with Gasteiger partial charge in [0.2, 0.25) is 0 Å². The maximum atomic E-state index is 4.84. The number of benzene rings is 9. The SMILES string of the molecule is c1ccc(-c2ccc3ccc4c(-c5c6ccccc6c(-c6ccc7c(c6)c6cccnc6n7-c6ccccn6)c6ccccc56)ccc5ccc2c3c54)cc1. The van der Waals surface area contributed by atoms with Gasteiger partial charge >= 0.3 is 0 Å². The number of fused-ring (bicyclic) bond motifs is 5. The summed E-state index contributed by atoms with van der Waals surface area (Å²) in [6, 6.07) is 64.3. The van der Waals surface area contributed by atoms with Crippen LogP contribution in [0.25, 0.3) is 115 Å². The second kappa shape index (κ2) is 11.6. The van der Waals surface area contributed by atoms with E-state index in [0.717, 1.165) is 27.8 Å². The minimum Gasteiger partial charge on any atom is -0.278 e. The topological polar surface area (TPSA) is 30.7 Å². The van der Waals surface area contributed by atoms with Crippen LogP contribution in [0.15, 0.2) is 188 Å². The molecule has 3 heterocycles. The van der Waals surface area contributed by atoms with E-state index < -0.39 is 0 Å². The molecule has 0 aliphatic rings. The standard InChI is InChI=1S/C52H31N3/c1-2-11-32(12-3-1)36-24-19-33-21-26-42-43(27-22-34-20-25-41(36)49(33)50(34)42)51-39-15-6-4-13-37(39)48(38-14-5-7-16-40(38)51)35-23-28-46-45(31-35)44-17-10-30-54-52(44)55(46)47-18-8-9-29-53-47/h1-31H. The molecule has 0 N–H and O–H groups in total. The summed E-state index contributed by atoms with van der Waals surface area (Å²) in [5.74, 6) is 0.860. The number of hydrogen-bond donors (Lipinski definition) is 0. The highest BCUT2D eigenvalue weighted by Gasteiger charge is 2.22. The summed E-state index contributed by atoms with van der Waals surface area (Å²) in [6.45, 7) is 0. The van der Waals surface area contributed by atoms with E-state index in [1.165, 1.54) is 87.2 Å². The fraction of sp³-hybridized carbons (Fsp3) is 0. The molecule has 9 aromatic carbocycles. The fourth-order valence-corrected chi connectivity index (χ4v) is 9.34. The normalized spacial score (nSPS) is 12.0. The van der Waals surface area contributed by atoms with Crippen molar-refractivity contribution in [3.8, 4) is 39.2 Å². The van der Waals surface area contributed by atoms with Crippen molar-refractivity contribution in [3.63, 3.8) is 0 Å². The van der Waals surface area contributed by atoms with Crippen LogP contribution in [0.5, 0.6) is 0 Å². The summed E-state index contributed by atoms with van der Waals surface area (Å²) in [4.78, 5) is 9.55. The molecular weight excluding hydrogens is 667 g/mol. The van der Waals surface area contributed by atoms with Gasteiger partial charge < -0.3 is 0 Å². The van der Waals surface area contributed by atoms with E-state index in [9.17, 15) is 0 Å². The highest BCUT2D eigenvalue weighted by Crippen LogP contribution is 2.48. The monoisotopic (exact) mass is 697 g/mol. The zero-order chi connectivity index (χ0) is 36.0. The average molecular weight is 698 g/mol. The zero-order valence-corrected chi connectivity index (χ0v) is 29.7. The molecular formula is C52H31N3. The lowest BCUT2D eigenvalue weighted by Gasteiger charge is -2.20. The lowest BCUT2D eigenvalue weighted by Crippen LogP contribution is -1.97.